The fraction of sp³-hybridized carbons (Fsp3) is 0.625. The quantitative estimate of drug-likeness (QED) is 0.421. The van der Waals surface area contributed by atoms with E-state index < -0.39 is 18.0 Å². The van der Waals surface area contributed by atoms with Crippen LogP contribution in [0.3, 0.4) is 0 Å². The molecule has 1 rings (SSSR count). The number of nitrogens with one attached hydrogen (secondary N) is 1. The fourth-order valence-corrected chi connectivity index (χ4v) is 1.89. The lowest BCUT2D eigenvalue weighted by Crippen LogP contribution is -2.40. The minimum absolute atomic E-state index is 0.128. The Morgan fingerprint density at radius 1 is 1.59 bits per heavy atom. The van der Waals surface area contributed by atoms with Crippen molar-refractivity contribution in [2.24, 2.45) is 10.7 Å². The van der Waals surface area contributed by atoms with Crippen LogP contribution in [0.2, 0.25) is 0 Å². The third-order valence-corrected chi connectivity index (χ3v) is 2.85. The first-order valence-electron chi connectivity index (χ1n) is 4.88. The molecule has 5 N–H and O–H groups in total. The second kappa shape index (κ2) is 6.30. The van der Waals surface area contributed by atoms with Gasteiger partial charge < -0.3 is 25.6 Å². The molecule has 0 spiro atoms. The van der Waals surface area contributed by atoms with Crippen LogP contribution in [0.15, 0.2) is 4.99 Å². The normalized spacial score (nSPS) is 16.5. The number of carboxylic acid groups (broad SMARTS) is 2. The van der Waals surface area contributed by atoms with Crippen LogP contribution in [-0.4, -0.2) is 64.4 Å². The predicted octanol–water partition coefficient (Wildman–Crippen LogP) is -1.61. The molecule has 1 aliphatic rings. The summed E-state index contributed by atoms with van der Waals surface area (Å²) in [5.41, 5.74) is 5.31. The lowest BCUT2D eigenvalue weighted by Gasteiger charge is -2.18. The fourth-order valence-electron chi connectivity index (χ4n) is 1.16. The topological polar surface area (TPSA) is 128 Å². The Morgan fingerprint density at radius 3 is 2.88 bits per heavy atom. The molecule has 0 aliphatic carbocycles. The van der Waals surface area contributed by atoms with Gasteiger partial charge in [-0.3, -0.25) is 14.6 Å². The maximum absolute atomic E-state index is 10.5. The minimum Gasteiger partial charge on any atom is -0.480 e. The molecule has 1 aliphatic heterocycles. The van der Waals surface area contributed by atoms with Gasteiger partial charge in [0, 0.05) is 12.3 Å². The Bertz CT molecular complexity index is 335. The van der Waals surface area contributed by atoms with Crippen molar-refractivity contribution < 1.29 is 19.8 Å². The maximum Gasteiger partial charge on any atom is 0.323 e. The van der Waals surface area contributed by atoms with Crippen LogP contribution < -0.4 is 10.5 Å². The van der Waals surface area contributed by atoms with E-state index in [4.69, 9.17) is 15.9 Å². The molecular formula is C8H14N4O4S. The van der Waals surface area contributed by atoms with Gasteiger partial charge >= 0.3 is 11.9 Å². The van der Waals surface area contributed by atoms with Crippen LogP contribution in [0.25, 0.3) is 0 Å². The van der Waals surface area contributed by atoms with Crippen molar-refractivity contribution in [2.75, 3.05) is 25.4 Å². The molecular weight excluding hydrogens is 248 g/mol. The average molecular weight is 262 g/mol. The molecule has 0 aromatic heterocycles. The van der Waals surface area contributed by atoms with Gasteiger partial charge in [0.25, 0.3) is 0 Å². The molecule has 17 heavy (non-hydrogen) atoms. The van der Waals surface area contributed by atoms with E-state index in [0.717, 1.165) is 11.9 Å². The summed E-state index contributed by atoms with van der Waals surface area (Å²) in [4.78, 5) is 26.6. The highest BCUT2D eigenvalue weighted by Gasteiger charge is 2.20. The molecule has 96 valence electrons. The molecule has 8 nitrogen and oxygen atoms in total. The molecule has 0 radical (unpaired) electrons. The summed E-state index contributed by atoms with van der Waals surface area (Å²) in [6.07, 6.45) is 0. The summed E-state index contributed by atoms with van der Waals surface area (Å²) in [6, 6.07) is -0.956. The van der Waals surface area contributed by atoms with Crippen molar-refractivity contribution in [3.63, 3.8) is 0 Å². The standard InChI is InChI=1S/C8H14N4O4S/c9-5(7(15)16)4-17-11-8-10-1-2-12(8)3-6(13)14/h5H,1-4,9H2,(H,10,11)(H,13,14)(H,15,16). The van der Waals surface area contributed by atoms with E-state index in [0.29, 0.717) is 19.0 Å². The number of guanidine groups is 1. The molecule has 1 heterocycles. The smallest absolute Gasteiger partial charge is 0.323 e. The lowest BCUT2D eigenvalue weighted by atomic mass is 10.4. The van der Waals surface area contributed by atoms with Crippen LogP contribution in [0.4, 0.5) is 0 Å². The zero-order chi connectivity index (χ0) is 12.8. The van der Waals surface area contributed by atoms with Crippen LogP contribution in [-0.2, 0) is 9.59 Å². The van der Waals surface area contributed by atoms with E-state index in [2.05, 4.69) is 9.71 Å². The Hall–Kier alpha value is -1.48. The average Bonchev–Trinajstić information content (AvgIpc) is 2.64. The summed E-state index contributed by atoms with van der Waals surface area (Å²) in [5.74, 6) is -1.38. The number of hydrogen-bond acceptors (Lipinski definition) is 7. The number of hydrogen-bond donors (Lipinski definition) is 4. The first-order chi connectivity index (χ1) is 8.00. The number of aliphatic imine (C=N–C) groups is 1. The van der Waals surface area contributed by atoms with Gasteiger partial charge in [-0.2, -0.15) is 0 Å². The van der Waals surface area contributed by atoms with Crippen LogP contribution in [0, 0.1) is 0 Å². The van der Waals surface area contributed by atoms with Crippen LogP contribution >= 0.6 is 11.9 Å². The van der Waals surface area contributed by atoms with Gasteiger partial charge in [0.2, 0.25) is 5.96 Å². The number of nitrogens with zero attached hydrogens (tertiary/aromatic N) is 2. The molecule has 0 bridgehead atoms. The zero-order valence-corrected chi connectivity index (χ0v) is 9.81. The molecule has 1 atom stereocenters. The highest BCUT2D eigenvalue weighted by molar-refractivity contribution is 7.98. The molecule has 0 aromatic carbocycles. The first-order valence-corrected chi connectivity index (χ1v) is 5.86. The van der Waals surface area contributed by atoms with E-state index in [9.17, 15) is 9.59 Å². The van der Waals surface area contributed by atoms with Gasteiger partial charge in [0.15, 0.2) is 0 Å². The van der Waals surface area contributed by atoms with Gasteiger partial charge in [0.1, 0.15) is 12.6 Å². The molecule has 0 saturated heterocycles. The van der Waals surface area contributed by atoms with Crippen LogP contribution in [0.1, 0.15) is 0 Å². The van der Waals surface area contributed by atoms with Gasteiger partial charge in [-0.05, 0) is 11.9 Å². The van der Waals surface area contributed by atoms with Crippen molar-refractivity contribution in [3.8, 4) is 0 Å². The summed E-state index contributed by atoms with van der Waals surface area (Å²) in [5, 5.41) is 17.2. The van der Waals surface area contributed by atoms with E-state index in [1.807, 2.05) is 0 Å². The predicted molar refractivity (Wildman–Crippen MR) is 62.7 cm³/mol. The SMILES string of the molecule is NC(CSNC1=NCCN1CC(=O)O)C(=O)O. The monoisotopic (exact) mass is 262 g/mol. The zero-order valence-electron chi connectivity index (χ0n) is 9.00. The van der Waals surface area contributed by atoms with E-state index in [1.54, 1.807) is 4.90 Å². The van der Waals surface area contributed by atoms with Crippen LogP contribution in [0.5, 0.6) is 0 Å². The van der Waals surface area contributed by atoms with Crippen molar-refractivity contribution >= 4 is 29.8 Å². The molecule has 0 saturated carbocycles. The van der Waals surface area contributed by atoms with E-state index in [-0.39, 0.29) is 12.3 Å². The van der Waals surface area contributed by atoms with E-state index >= 15 is 0 Å². The Kier molecular flexibility index (Phi) is 5.04. The Labute approximate surface area is 102 Å². The molecule has 1 unspecified atom stereocenters. The van der Waals surface area contributed by atoms with Gasteiger partial charge in [0.05, 0.1) is 6.54 Å². The third-order valence-electron chi connectivity index (χ3n) is 2.00. The number of aliphatic carboxylic acids is 2. The van der Waals surface area contributed by atoms with Gasteiger partial charge in [-0.1, -0.05) is 0 Å². The maximum atomic E-state index is 10.5. The largest absolute Gasteiger partial charge is 0.480 e. The molecule has 0 aromatic rings. The lowest BCUT2D eigenvalue weighted by molar-refractivity contribution is -0.138. The third kappa shape index (κ3) is 4.49. The Balaban J connectivity index is 2.31. The summed E-state index contributed by atoms with van der Waals surface area (Å²) in [7, 11) is 0. The van der Waals surface area contributed by atoms with Crippen molar-refractivity contribution in [1.29, 1.82) is 0 Å². The van der Waals surface area contributed by atoms with Crippen molar-refractivity contribution in [1.82, 2.24) is 9.62 Å². The minimum atomic E-state index is -1.07. The molecule has 0 amide bonds. The number of carbonyl (C=O) groups is 2. The van der Waals surface area contributed by atoms with Crippen molar-refractivity contribution in [2.45, 2.75) is 6.04 Å². The molecule has 0 fully saturated rings. The summed E-state index contributed by atoms with van der Waals surface area (Å²) >= 11 is 1.10. The Morgan fingerprint density at radius 2 is 2.29 bits per heavy atom. The highest BCUT2D eigenvalue weighted by atomic mass is 32.2. The second-order valence-electron chi connectivity index (χ2n) is 3.38. The summed E-state index contributed by atoms with van der Waals surface area (Å²) in [6.45, 7) is 0.943. The number of carboxylic acids is 2. The van der Waals surface area contributed by atoms with Gasteiger partial charge in [-0.15, -0.1) is 0 Å². The number of nitrogens with two attached hydrogens (primary N) is 1. The highest BCUT2D eigenvalue weighted by Crippen LogP contribution is 2.04. The number of rotatable bonds is 6. The first kappa shape index (κ1) is 13.6. The summed E-state index contributed by atoms with van der Waals surface area (Å²) < 4.78 is 2.81. The van der Waals surface area contributed by atoms with Crippen molar-refractivity contribution in [3.05, 3.63) is 0 Å². The molecule has 9 heteroatoms. The second-order valence-corrected chi connectivity index (χ2v) is 4.20. The van der Waals surface area contributed by atoms with Gasteiger partial charge in [-0.25, -0.2) is 0 Å². The van der Waals surface area contributed by atoms with E-state index in [1.165, 1.54) is 0 Å².